The van der Waals surface area contributed by atoms with Crippen LogP contribution in [0.25, 0.3) is 5.78 Å². The highest BCUT2D eigenvalue weighted by atomic mass is 15.4. The monoisotopic (exact) mass is 295 g/mol. The van der Waals surface area contributed by atoms with Crippen LogP contribution in [-0.4, -0.2) is 19.6 Å². The summed E-state index contributed by atoms with van der Waals surface area (Å²) in [6, 6.07) is 8.82. The maximum atomic E-state index is 4.38. The number of hydrogen-bond acceptors (Lipinski definition) is 4. The highest BCUT2D eigenvalue weighted by Gasteiger charge is 2.15. The molecule has 3 aromatic rings. The number of fused-ring (bicyclic) bond motifs is 1. The largest absolute Gasteiger partial charge is 0.363 e. The molecule has 1 unspecified atom stereocenters. The molecule has 0 aliphatic carbocycles. The molecule has 5 nitrogen and oxygen atoms in total. The molecule has 0 radical (unpaired) electrons. The van der Waals surface area contributed by atoms with E-state index in [9.17, 15) is 0 Å². The molecule has 1 atom stereocenters. The first-order valence-corrected chi connectivity index (χ1v) is 7.59. The van der Waals surface area contributed by atoms with Crippen molar-refractivity contribution in [2.45, 2.75) is 40.2 Å². The second-order valence-electron chi connectivity index (χ2n) is 5.72. The number of nitrogens with zero attached hydrogens (tertiary/aromatic N) is 4. The first-order valence-electron chi connectivity index (χ1n) is 7.59. The van der Waals surface area contributed by atoms with Crippen LogP contribution in [0.4, 0.5) is 5.82 Å². The summed E-state index contributed by atoms with van der Waals surface area (Å²) in [4.78, 5) is 8.56. The van der Waals surface area contributed by atoms with Crippen molar-refractivity contribution in [2.24, 2.45) is 0 Å². The number of hydrogen-bond donors (Lipinski definition) is 1. The fourth-order valence-electron chi connectivity index (χ4n) is 2.75. The number of benzene rings is 1. The third kappa shape index (κ3) is 2.66. The van der Waals surface area contributed by atoms with Crippen molar-refractivity contribution in [3.8, 4) is 0 Å². The van der Waals surface area contributed by atoms with Gasteiger partial charge in [0.25, 0.3) is 5.78 Å². The Morgan fingerprint density at radius 3 is 2.77 bits per heavy atom. The minimum Gasteiger partial charge on any atom is -0.363 e. The van der Waals surface area contributed by atoms with Crippen LogP contribution in [0.15, 0.2) is 30.6 Å². The molecule has 0 amide bonds. The minimum atomic E-state index is 0.231. The van der Waals surface area contributed by atoms with Crippen LogP contribution in [-0.2, 0) is 0 Å². The van der Waals surface area contributed by atoms with Crippen molar-refractivity contribution >= 4 is 11.6 Å². The van der Waals surface area contributed by atoms with E-state index < -0.39 is 0 Å². The molecule has 1 N–H and O–H groups in total. The van der Waals surface area contributed by atoms with Gasteiger partial charge in [0.2, 0.25) is 0 Å². The van der Waals surface area contributed by atoms with E-state index in [1.807, 2.05) is 13.0 Å². The van der Waals surface area contributed by atoms with E-state index in [-0.39, 0.29) is 6.04 Å². The van der Waals surface area contributed by atoms with Gasteiger partial charge in [-0.2, -0.15) is 14.6 Å². The Balaban J connectivity index is 2.01. The molecule has 0 aliphatic heterocycles. The van der Waals surface area contributed by atoms with Crippen LogP contribution in [0.2, 0.25) is 0 Å². The molecular weight excluding hydrogens is 274 g/mol. The number of anilines is 1. The fraction of sp³-hybridized carbons (Fsp3) is 0.353. The van der Waals surface area contributed by atoms with E-state index in [0.29, 0.717) is 5.78 Å². The zero-order valence-electron chi connectivity index (χ0n) is 13.5. The Morgan fingerprint density at radius 2 is 2.00 bits per heavy atom. The van der Waals surface area contributed by atoms with Gasteiger partial charge in [0.15, 0.2) is 0 Å². The van der Waals surface area contributed by atoms with E-state index in [0.717, 1.165) is 17.9 Å². The van der Waals surface area contributed by atoms with E-state index in [4.69, 9.17) is 0 Å². The molecule has 5 heteroatoms. The van der Waals surface area contributed by atoms with Crippen LogP contribution >= 0.6 is 0 Å². The van der Waals surface area contributed by atoms with Crippen LogP contribution in [0.1, 0.15) is 41.8 Å². The molecular formula is C17H21N5. The lowest BCUT2D eigenvalue weighted by Gasteiger charge is -2.21. The van der Waals surface area contributed by atoms with Crippen LogP contribution < -0.4 is 5.32 Å². The van der Waals surface area contributed by atoms with Gasteiger partial charge in [-0.15, -0.1) is 0 Å². The SMILES string of the molecule is CCC(Nc1cc(C)nc2ncnn12)c1cc(C)ccc1C. The molecule has 3 rings (SSSR count). The number of aryl methyl sites for hydroxylation is 3. The molecule has 0 saturated carbocycles. The standard InChI is InChI=1S/C17H21N5/c1-5-15(14-8-11(2)6-7-12(14)3)21-16-9-13(4)20-17-18-10-19-22(16)17/h6-10,15,21H,5H2,1-4H3. The molecule has 114 valence electrons. The van der Waals surface area contributed by atoms with Crippen LogP contribution in [0.3, 0.4) is 0 Å². The molecule has 0 spiro atoms. The molecule has 22 heavy (non-hydrogen) atoms. The Labute approximate surface area is 130 Å². The van der Waals surface area contributed by atoms with Gasteiger partial charge in [0.05, 0.1) is 6.04 Å². The minimum absolute atomic E-state index is 0.231. The van der Waals surface area contributed by atoms with Crippen molar-refractivity contribution < 1.29 is 0 Å². The van der Waals surface area contributed by atoms with Gasteiger partial charge < -0.3 is 5.32 Å². The van der Waals surface area contributed by atoms with Gasteiger partial charge in [-0.05, 0) is 38.3 Å². The maximum Gasteiger partial charge on any atom is 0.254 e. The number of nitrogens with one attached hydrogen (secondary N) is 1. The quantitative estimate of drug-likeness (QED) is 0.799. The fourth-order valence-corrected chi connectivity index (χ4v) is 2.75. The lowest BCUT2D eigenvalue weighted by Crippen LogP contribution is -2.14. The molecule has 2 aromatic heterocycles. The number of aromatic nitrogens is 4. The first-order chi connectivity index (χ1) is 10.6. The van der Waals surface area contributed by atoms with Gasteiger partial charge in [-0.25, -0.2) is 4.98 Å². The van der Waals surface area contributed by atoms with Gasteiger partial charge >= 0.3 is 0 Å². The van der Waals surface area contributed by atoms with Crippen molar-refractivity contribution in [1.29, 1.82) is 0 Å². The Kier molecular flexibility index (Phi) is 3.79. The summed E-state index contributed by atoms with van der Waals surface area (Å²) in [5.74, 6) is 1.55. The van der Waals surface area contributed by atoms with E-state index in [2.05, 4.69) is 59.4 Å². The van der Waals surface area contributed by atoms with E-state index in [1.54, 1.807) is 4.52 Å². The highest BCUT2D eigenvalue weighted by Crippen LogP contribution is 2.26. The second kappa shape index (κ2) is 5.75. The van der Waals surface area contributed by atoms with Crippen molar-refractivity contribution in [3.05, 3.63) is 53.0 Å². The van der Waals surface area contributed by atoms with Gasteiger partial charge in [-0.1, -0.05) is 30.7 Å². The van der Waals surface area contributed by atoms with Crippen LogP contribution in [0.5, 0.6) is 0 Å². The molecule has 0 saturated heterocycles. The van der Waals surface area contributed by atoms with Gasteiger partial charge in [0.1, 0.15) is 12.1 Å². The zero-order valence-corrected chi connectivity index (χ0v) is 13.5. The van der Waals surface area contributed by atoms with Gasteiger partial charge in [0, 0.05) is 11.8 Å². The van der Waals surface area contributed by atoms with Crippen LogP contribution in [0, 0.1) is 20.8 Å². The lowest BCUT2D eigenvalue weighted by atomic mass is 9.97. The second-order valence-corrected chi connectivity index (χ2v) is 5.72. The van der Waals surface area contributed by atoms with E-state index in [1.165, 1.54) is 23.0 Å². The number of rotatable bonds is 4. The zero-order chi connectivity index (χ0) is 15.7. The molecule has 2 heterocycles. The summed E-state index contributed by atoms with van der Waals surface area (Å²) >= 11 is 0. The summed E-state index contributed by atoms with van der Waals surface area (Å²) in [7, 11) is 0. The van der Waals surface area contributed by atoms with Crippen molar-refractivity contribution in [3.63, 3.8) is 0 Å². The first kappa shape index (κ1) is 14.5. The molecule has 0 bridgehead atoms. The Morgan fingerprint density at radius 1 is 1.18 bits per heavy atom. The van der Waals surface area contributed by atoms with Crippen molar-refractivity contribution in [2.75, 3.05) is 5.32 Å². The Bertz CT molecular complexity index is 806. The normalized spacial score (nSPS) is 12.5. The predicted octanol–water partition coefficient (Wildman–Crippen LogP) is 3.61. The van der Waals surface area contributed by atoms with E-state index >= 15 is 0 Å². The summed E-state index contributed by atoms with van der Waals surface area (Å²) < 4.78 is 1.75. The maximum absolute atomic E-state index is 4.38. The van der Waals surface area contributed by atoms with Crippen molar-refractivity contribution in [1.82, 2.24) is 19.6 Å². The topological polar surface area (TPSA) is 55.1 Å². The average molecular weight is 295 g/mol. The third-order valence-corrected chi connectivity index (χ3v) is 3.92. The summed E-state index contributed by atoms with van der Waals surface area (Å²) in [6.45, 7) is 8.44. The lowest BCUT2D eigenvalue weighted by molar-refractivity contribution is 0.728. The molecule has 0 fully saturated rings. The highest BCUT2D eigenvalue weighted by molar-refractivity contribution is 5.47. The summed E-state index contributed by atoms with van der Waals surface area (Å²) in [6.07, 6.45) is 2.52. The summed E-state index contributed by atoms with van der Waals surface area (Å²) in [5, 5.41) is 7.86. The summed E-state index contributed by atoms with van der Waals surface area (Å²) in [5.41, 5.74) is 4.83. The smallest absolute Gasteiger partial charge is 0.254 e. The third-order valence-electron chi connectivity index (χ3n) is 3.92. The molecule has 1 aromatic carbocycles. The molecule has 0 aliphatic rings. The van der Waals surface area contributed by atoms with Gasteiger partial charge in [-0.3, -0.25) is 0 Å². The predicted molar refractivity (Wildman–Crippen MR) is 88.1 cm³/mol. The average Bonchev–Trinajstić information content (AvgIpc) is 2.95. The Hall–Kier alpha value is -2.43.